The van der Waals surface area contributed by atoms with E-state index in [1.807, 2.05) is 12.1 Å². The van der Waals surface area contributed by atoms with Crippen molar-refractivity contribution in [1.29, 1.82) is 0 Å². The first kappa shape index (κ1) is 18.4. The summed E-state index contributed by atoms with van der Waals surface area (Å²) in [6, 6.07) is 14.4. The number of benzene rings is 2. The van der Waals surface area contributed by atoms with Gasteiger partial charge in [0.25, 0.3) is 5.91 Å². The van der Waals surface area contributed by atoms with Crippen LogP contribution in [0, 0.1) is 5.82 Å². The maximum absolute atomic E-state index is 13.2. The van der Waals surface area contributed by atoms with E-state index in [1.165, 1.54) is 12.1 Å². The van der Waals surface area contributed by atoms with Crippen LogP contribution in [0.3, 0.4) is 0 Å². The van der Waals surface area contributed by atoms with E-state index >= 15 is 0 Å². The maximum atomic E-state index is 13.2. The monoisotopic (exact) mass is 392 g/mol. The Morgan fingerprint density at radius 3 is 2.72 bits per heavy atom. The molecule has 0 aliphatic carbocycles. The Hall–Kier alpha value is -3.94. The Morgan fingerprint density at radius 1 is 1.10 bits per heavy atom. The van der Waals surface area contributed by atoms with Gasteiger partial charge in [0.15, 0.2) is 11.5 Å². The SMILES string of the molecule is O=C(NC(=NCc1cccnc1)Nc1ccc(F)cc1)c1ccc2c(c1)OCO2. The van der Waals surface area contributed by atoms with Crippen molar-refractivity contribution in [2.75, 3.05) is 12.1 Å². The van der Waals surface area contributed by atoms with Crippen molar-refractivity contribution in [3.05, 3.63) is 83.9 Å². The average Bonchev–Trinajstić information content (AvgIpc) is 3.22. The Kier molecular flexibility index (Phi) is 5.33. The first-order chi connectivity index (χ1) is 14.2. The number of rotatable bonds is 4. The first-order valence-corrected chi connectivity index (χ1v) is 8.84. The molecule has 1 aliphatic rings. The van der Waals surface area contributed by atoms with Crippen molar-refractivity contribution in [2.24, 2.45) is 4.99 Å². The summed E-state index contributed by atoms with van der Waals surface area (Å²) in [5, 5.41) is 5.75. The van der Waals surface area contributed by atoms with Crippen molar-refractivity contribution < 1.29 is 18.7 Å². The average molecular weight is 392 g/mol. The zero-order valence-corrected chi connectivity index (χ0v) is 15.3. The summed E-state index contributed by atoms with van der Waals surface area (Å²) in [5.74, 6) is 0.606. The number of fused-ring (bicyclic) bond motifs is 1. The summed E-state index contributed by atoms with van der Waals surface area (Å²) in [4.78, 5) is 21.2. The number of carbonyl (C=O) groups excluding carboxylic acids is 1. The van der Waals surface area contributed by atoms with Crippen molar-refractivity contribution in [2.45, 2.75) is 6.54 Å². The topological polar surface area (TPSA) is 84.8 Å². The Labute approximate surface area is 166 Å². The quantitative estimate of drug-likeness (QED) is 0.525. The third-order valence-electron chi connectivity index (χ3n) is 4.12. The molecule has 4 rings (SSSR count). The lowest BCUT2D eigenvalue weighted by Gasteiger charge is -2.12. The second kappa shape index (κ2) is 8.39. The van der Waals surface area contributed by atoms with Crippen LogP contribution in [0.4, 0.5) is 10.1 Å². The Bertz CT molecular complexity index is 1040. The number of nitrogens with zero attached hydrogens (tertiary/aromatic N) is 2. The van der Waals surface area contributed by atoms with Gasteiger partial charge in [0.2, 0.25) is 12.8 Å². The summed E-state index contributed by atoms with van der Waals surface area (Å²) in [5.41, 5.74) is 1.86. The van der Waals surface area contributed by atoms with Crippen LogP contribution < -0.4 is 20.1 Å². The van der Waals surface area contributed by atoms with E-state index in [1.54, 1.807) is 42.7 Å². The highest BCUT2D eigenvalue weighted by molar-refractivity contribution is 6.10. The van der Waals surface area contributed by atoms with Crippen LogP contribution in [0.2, 0.25) is 0 Å². The largest absolute Gasteiger partial charge is 0.454 e. The van der Waals surface area contributed by atoms with Crippen LogP contribution >= 0.6 is 0 Å². The van der Waals surface area contributed by atoms with Crippen molar-refractivity contribution >= 4 is 17.6 Å². The molecule has 29 heavy (non-hydrogen) atoms. The van der Waals surface area contributed by atoms with Crippen LogP contribution in [0.25, 0.3) is 0 Å². The van der Waals surface area contributed by atoms with E-state index in [2.05, 4.69) is 20.6 Å². The van der Waals surface area contributed by atoms with Crippen LogP contribution in [-0.2, 0) is 6.54 Å². The predicted octanol–water partition coefficient (Wildman–Crippen LogP) is 3.35. The molecule has 2 heterocycles. The van der Waals surface area contributed by atoms with Gasteiger partial charge in [0.1, 0.15) is 5.82 Å². The van der Waals surface area contributed by atoms with Gasteiger partial charge in [-0.2, -0.15) is 0 Å². The number of carbonyl (C=O) groups is 1. The van der Waals surface area contributed by atoms with Gasteiger partial charge < -0.3 is 14.8 Å². The van der Waals surface area contributed by atoms with Gasteiger partial charge in [0.05, 0.1) is 6.54 Å². The zero-order chi connectivity index (χ0) is 20.1. The number of aliphatic imine (C=N–C) groups is 1. The van der Waals surface area contributed by atoms with Gasteiger partial charge in [-0.1, -0.05) is 6.07 Å². The molecule has 2 aromatic carbocycles. The standard InChI is InChI=1S/C21H17FN4O3/c22-16-4-6-17(7-5-16)25-21(24-12-14-2-1-9-23-11-14)26-20(27)15-3-8-18-19(10-15)29-13-28-18/h1-11H,12-13H2,(H2,24,25,26,27). The maximum Gasteiger partial charge on any atom is 0.258 e. The highest BCUT2D eigenvalue weighted by Crippen LogP contribution is 2.32. The molecule has 0 bridgehead atoms. The number of guanidine groups is 1. The molecule has 3 aromatic rings. The summed E-state index contributed by atoms with van der Waals surface area (Å²) in [6.45, 7) is 0.434. The molecule has 2 N–H and O–H groups in total. The van der Waals surface area contributed by atoms with Crippen molar-refractivity contribution in [3.8, 4) is 11.5 Å². The molecule has 146 valence electrons. The first-order valence-electron chi connectivity index (χ1n) is 8.84. The third-order valence-corrected chi connectivity index (χ3v) is 4.12. The van der Waals surface area contributed by atoms with Crippen LogP contribution in [0.15, 0.2) is 72.0 Å². The fourth-order valence-electron chi connectivity index (χ4n) is 2.66. The lowest BCUT2D eigenvalue weighted by Crippen LogP contribution is -2.36. The molecular weight excluding hydrogens is 375 g/mol. The Morgan fingerprint density at radius 2 is 1.93 bits per heavy atom. The summed E-state index contributed by atoms with van der Waals surface area (Å²) in [6.07, 6.45) is 3.37. The van der Waals surface area contributed by atoms with E-state index in [-0.39, 0.29) is 24.5 Å². The molecule has 0 saturated carbocycles. The lowest BCUT2D eigenvalue weighted by molar-refractivity contribution is 0.0976. The van der Waals surface area contributed by atoms with Gasteiger partial charge in [-0.3, -0.25) is 15.1 Å². The molecule has 0 fully saturated rings. The van der Waals surface area contributed by atoms with Gasteiger partial charge >= 0.3 is 0 Å². The predicted molar refractivity (Wildman–Crippen MR) is 105 cm³/mol. The van der Waals surface area contributed by atoms with Crippen molar-refractivity contribution in [3.63, 3.8) is 0 Å². The van der Waals surface area contributed by atoms with E-state index in [9.17, 15) is 9.18 Å². The second-order valence-corrected chi connectivity index (χ2v) is 6.18. The van der Waals surface area contributed by atoms with E-state index in [4.69, 9.17) is 9.47 Å². The molecular formula is C21H17FN4O3. The zero-order valence-electron chi connectivity index (χ0n) is 15.3. The number of amides is 1. The Balaban J connectivity index is 1.53. The van der Waals surface area contributed by atoms with Gasteiger partial charge in [-0.25, -0.2) is 9.38 Å². The number of pyridine rings is 1. The van der Waals surface area contributed by atoms with Gasteiger partial charge in [-0.05, 0) is 54.1 Å². The number of hydrogen-bond acceptors (Lipinski definition) is 5. The van der Waals surface area contributed by atoms with E-state index < -0.39 is 0 Å². The number of nitrogens with one attached hydrogen (secondary N) is 2. The highest BCUT2D eigenvalue weighted by atomic mass is 19.1. The minimum absolute atomic E-state index is 0.129. The fraction of sp³-hybridized carbons (Fsp3) is 0.0952. The number of aromatic nitrogens is 1. The lowest BCUT2D eigenvalue weighted by atomic mass is 10.2. The number of ether oxygens (including phenoxy) is 2. The molecule has 1 aliphatic heterocycles. The van der Waals surface area contributed by atoms with Gasteiger partial charge in [0, 0.05) is 23.6 Å². The molecule has 1 amide bonds. The molecule has 8 heteroatoms. The molecule has 0 atom stereocenters. The number of anilines is 1. The summed E-state index contributed by atoms with van der Waals surface area (Å²) in [7, 11) is 0. The highest BCUT2D eigenvalue weighted by Gasteiger charge is 2.17. The molecule has 7 nitrogen and oxygen atoms in total. The fourth-order valence-corrected chi connectivity index (χ4v) is 2.66. The number of halogens is 1. The van der Waals surface area contributed by atoms with Gasteiger partial charge in [-0.15, -0.1) is 0 Å². The van der Waals surface area contributed by atoms with E-state index in [0.717, 1.165) is 5.56 Å². The molecule has 0 unspecified atom stereocenters. The smallest absolute Gasteiger partial charge is 0.258 e. The van der Waals surface area contributed by atoms with Crippen LogP contribution in [0.1, 0.15) is 15.9 Å². The minimum Gasteiger partial charge on any atom is -0.454 e. The second-order valence-electron chi connectivity index (χ2n) is 6.18. The van der Waals surface area contributed by atoms with Crippen LogP contribution in [0.5, 0.6) is 11.5 Å². The third kappa shape index (κ3) is 4.67. The summed E-state index contributed by atoms with van der Waals surface area (Å²) < 4.78 is 23.8. The van der Waals surface area contributed by atoms with Crippen molar-refractivity contribution in [1.82, 2.24) is 10.3 Å². The molecule has 1 aromatic heterocycles. The minimum atomic E-state index is -0.372. The summed E-state index contributed by atoms with van der Waals surface area (Å²) >= 11 is 0. The molecule has 0 radical (unpaired) electrons. The molecule has 0 saturated heterocycles. The normalized spacial score (nSPS) is 12.5. The molecule has 0 spiro atoms. The number of hydrogen-bond donors (Lipinski definition) is 2. The van der Waals surface area contributed by atoms with E-state index in [0.29, 0.717) is 29.3 Å². The van der Waals surface area contributed by atoms with Crippen LogP contribution in [-0.4, -0.2) is 23.6 Å².